The molecule has 0 spiro atoms. The summed E-state index contributed by atoms with van der Waals surface area (Å²) in [4.78, 5) is 36.5. The predicted octanol–water partition coefficient (Wildman–Crippen LogP) is 2.95. The molecule has 4 rings (SSSR count). The van der Waals surface area contributed by atoms with Crippen LogP contribution in [0.1, 0.15) is 37.3 Å². The van der Waals surface area contributed by atoms with E-state index in [1.54, 1.807) is 10.9 Å². The van der Waals surface area contributed by atoms with Crippen LogP contribution in [-0.2, 0) is 11.3 Å². The molecule has 30 heavy (non-hydrogen) atoms. The van der Waals surface area contributed by atoms with Gasteiger partial charge in [-0.15, -0.1) is 0 Å². The molecular weight excluding hydrogens is 398 g/mol. The van der Waals surface area contributed by atoms with Crippen LogP contribution in [0.15, 0.2) is 35.4 Å². The number of piperidine rings is 1. The zero-order chi connectivity index (χ0) is 21.1. The first-order valence-corrected chi connectivity index (χ1v) is 11.3. The summed E-state index contributed by atoms with van der Waals surface area (Å²) in [6.45, 7) is 6.76. The summed E-state index contributed by atoms with van der Waals surface area (Å²) in [7, 11) is 0. The number of rotatable bonds is 6. The lowest BCUT2D eigenvalue weighted by atomic mass is 9.97. The van der Waals surface area contributed by atoms with Crippen LogP contribution < -0.4 is 15.8 Å². The average molecular weight is 426 g/mol. The van der Waals surface area contributed by atoms with E-state index in [9.17, 15) is 9.59 Å². The number of nitrogens with zero attached hydrogens (tertiary/aromatic N) is 4. The van der Waals surface area contributed by atoms with Crippen LogP contribution in [0.2, 0.25) is 0 Å². The lowest BCUT2D eigenvalue weighted by Crippen LogP contribution is -2.43. The molecule has 8 heteroatoms. The number of hydrogen-bond donors (Lipinski definition) is 1. The zero-order valence-electron chi connectivity index (χ0n) is 17.4. The van der Waals surface area contributed by atoms with Gasteiger partial charge in [-0.2, -0.15) is 4.98 Å². The van der Waals surface area contributed by atoms with Crippen molar-refractivity contribution in [2.75, 3.05) is 24.5 Å². The summed E-state index contributed by atoms with van der Waals surface area (Å²) in [5.74, 6) is 0.0737. The smallest absolute Gasteiger partial charge is 0.273 e. The predicted molar refractivity (Wildman–Crippen MR) is 120 cm³/mol. The van der Waals surface area contributed by atoms with Gasteiger partial charge in [0.15, 0.2) is 10.8 Å². The molecule has 7 nitrogen and oxygen atoms in total. The maximum Gasteiger partial charge on any atom is 0.273 e. The summed E-state index contributed by atoms with van der Waals surface area (Å²) >= 11 is 1.38. The maximum atomic E-state index is 13.0. The van der Waals surface area contributed by atoms with E-state index in [1.165, 1.54) is 11.3 Å². The van der Waals surface area contributed by atoms with Crippen LogP contribution in [0.25, 0.3) is 10.3 Å². The van der Waals surface area contributed by atoms with Gasteiger partial charge >= 0.3 is 0 Å². The number of thiazole rings is 1. The zero-order valence-corrected chi connectivity index (χ0v) is 18.2. The molecule has 1 amide bonds. The molecule has 2 aromatic heterocycles. The van der Waals surface area contributed by atoms with Gasteiger partial charge in [0.05, 0.1) is 12.5 Å². The fraction of sp³-hybridized carbons (Fsp3) is 0.455. The van der Waals surface area contributed by atoms with E-state index >= 15 is 0 Å². The highest BCUT2D eigenvalue weighted by molar-refractivity contribution is 7.22. The second-order valence-electron chi connectivity index (χ2n) is 7.89. The van der Waals surface area contributed by atoms with Gasteiger partial charge in [-0.05, 0) is 31.7 Å². The quantitative estimate of drug-likeness (QED) is 0.657. The summed E-state index contributed by atoms with van der Waals surface area (Å²) < 4.78 is 2.20. The summed E-state index contributed by atoms with van der Waals surface area (Å²) in [5.41, 5.74) is 2.65. The van der Waals surface area contributed by atoms with Gasteiger partial charge in [0.2, 0.25) is 5.91 Å². The Hall–Kier alpha value is -2.74. The van der Waals surface area contributed by atoms with Crippen LogP contribution in [0.3, 0.4) is 0 Å². The van der Waals surface area contributed by atoms with Crippen LogP contribution in [0.4, 0.5) is 5.13 Å². The molecule has 1 aliphatic rings. The van der Waals surface area contributed by atoms with E-state index in [1.807, 2.05) is 32.0 Å². The molecule has 1 fully saturated rings. The normalized spacial score (nSPS) is 16.7. The third-order valence-electron chi connectivity index (χ3n) is 5.42. The number of benzene rings is 1. The number of amides is 1. The molecule has 1 unspecified atom stereocenters. The second-order valence-corrected chi connectivity index (χ2v) is 8.87. The van der Waals surface area contributed by atoms with Crippen molar-refractivity contribution in [1.82, 2.24) is 19.9 Å². The molecule has 1 aromatic carbocycles. The third-order valence-corrected chi connectivity index (χ3v) is 6.51. The SMILES string of the molecule is CCCNC(=O)C1CCCN(c2nc3ncn(Cc4cccc(C)c4)c(=O)c3s2)C1. The molecule has 0 aliphatic carbocycles. The number of aryl methyl sites for hydroxylation is 1. The molecule has 1 aliphatic heterocycles. The van der Waals surface area contributed by atoms with E-state index < -0.39 is 0 Å². The maximum absolute atomic E-state index is 13.0. The Balaban J connectivity index is 1.55. The molecule has 1 N–H and O–H groups in total. The van der Waals surface area contributed by atoms with Crippen LogP contribution in [-0.4, -0.2) is 40.1 Å². The van der Waals surface area contributed by atoms with Crippen LogP contribution in [0, 0.1) is 12.8 Å². The Morgan fingerprint density at radius 3 is 3.03 bits per heavy atom. The lowest BCUT2D eigenvalue weighted by Gasteiger charge is -2.31. The van der Waals surface area contributed by atoms with Gasteiger partial charge in [-0.3, -0.25) is 14.2 Å². The minimum absolute atomic E-state index is 0.0387. The number of carbonyl (C=O) groups excluding carboxylic acids is 1. The first-order chi connectivity index (χ1) is 14.5. The highest BCUT2D eigenvalue weighted by atomic mass is 32.1. The minimum Gasteiger partial charge on any atom is -0.356 e. The van der Waals surface area contributed by atoms with Crippen molar-refractivity contribution in [3.8, 4) is 0 Å². The van der Waals surface area contributed by atoms with Gasteiger partial charge in [0.25, 0.3) is 5.56 Å². The molecule has 1 atom stereocenters. The van der Waals surface area contributed by atoms with Crippen molar-refractivity contribution in [3.63, 3.8) is 0 Å². The van der Waals surface area contributed by atoms with Crippen molar-refractivity contribution in [1.29, 1.82) is 0 Å². The molecule has 0 bridgehead atoms. The minimum atomic E-state index is -0.0699. The molecular formula is C22H27N5O2S. The van der Waals surface area contributed by atoms with Gasteiger partial charge < -0.3 is 10.2 Å². The summed E-state index contributed by atoms with van der Waals surface area (Å²) in [6.07, 6.45) is 4.33. The van der Waals surface area contributed by atoms with Crippen molar-refractivity contribution < 1.29 is 4.79 Å². The Bertz CT molecular complexity index is 1110. The van der Waals surface area contributed by atoms with Crippen molar-refractivity contribution in [2.45, 2.75) is 39.7 Å². The number of nitrogens with one attached hydrogen (secondary N) is 1. The van der Waals surface area contributed by atoms with E-state index in [0.29, 0.717) is 30.0 Å². The average Bonchev–Trinajstić information content (AvgIpc) is 3.19. The van der Waals surface area contributed by atoms with E-state index in [0.717, 1.165) is 42.1 Å². The molecule has 1 saturated heterocycles. The van der Waals surface area contributed by atoms with Crippen LogP contribution in [0.5, 0.6) is 0 Å². The highest BCUT2D eigenvalue weighted by Gasteiger charge is 2.27. The summed E-state index contributed by atoms with van der Waals surface area (Å²) in [6, 6.07) is 8.12. The number of anilines is 1. The lowest BCUT2D eigenvalue weighted by molar-refractivity contribution is -0.125. The number of hydrogen-bond acceptors (Lipinski definition) is 6. The number of fused-ring (bicyclic) bond motifs is 1. The molecule has 3 heterocycles. The van der Waals surface area contributed by atoms with E-state index in [2.05, 4.69) is 26.3 Å². The second kappa shape index (κ2) is 8.95. The number of carbonyl (C=O) groups is 1. The Morgan fingerprint density at radius 1 is 1.37 bits per heavy atom. The Kier molecular flexibility index (Phi) is 6.13. The Labute approximate surface area is 179 Å². The molecule has 158 valence electrons. The van der Waals surface area contributed by atoms with Crippen molar-refractivity contribution in [3.05, 3.63) is 52.1 Å². The largest absolute Gasteiger partial charge is 0.356 e. The van der Waals surface area contributed by atoms with Crippen molar-refractivity contribution >= 4 is 32.7 Å². The van der Waals surface area contributed by atoms with E-state index in [-0.39, 0.29) is 17.4 Å². The first-order valence-electron chi connectivity index (χ1n) is 10.5. The number of aromatic nitrogens is 3. The van der Waals surface area contributed by atoms with E-state index in [4.69, 9.17) is 0 Å². The fourth-order valence-corrected chi connectivity index (χ4v) is 4.85. The first kappa shape index (κ1) is 20.5. The highest BCUT2D eigenvalue weighted by Crippen LogP contribution is 2.29. The molecule has 0 saturated carbocycles. The fourth-order valence-electron chi connectivity index (χ4n) is 3.85. The molecule has 0 radical (unpaired) electrons. The van der Waals surface area contributed by atoms with Crippen LogP contribution >= 0.6 is 11.3 Å². The van der Waals surface area contributed by atoms with Crippen molar-refractivity contribution in [2.24, 2.45) is 5.92 Å². The van der Waals surface area contributed by atoms with Gasteiger partial charge in [0, 0.05) is 19.6 Å². The monoisotopic (exact) mass is 425 g/mol. The van der Waals surface area contributed by atoms with Gasteiger partial charge in [0.1, 0.15) is 11.0 Å². The topological polar surface area (TPSA) is 80.1 Å². The summed E-state index contributed by atoms with van der Waals surface area (Å²) in [5, 5.41) is 3.77. The third kappa shape index (κ3) is 4.38. The Morgan fingerprint density at radius 2 is 2.23 bits per heavy atom. The standard InChI is InChI=1S/C22H27N5O2S/c1-3-9-23-20(28)17-8-5-10-26(13-17)22-25-19-18(30-22)21(29)27(14-24-19)12-16-7-4-6-15(2)11-16/h4,6-7,11,14,17H,3,5,8-10,12-13H2,1-2H3,(H,23,28). The molecule has 3 aromatic rings. The van der Waals surface area contributed by atoms with Gasteiger partial charge in [-0.25, -0.2) is 4.98 Å². The van der Waals surface area contributed by atoms with Gasteiger partial charge in [-0.1, -0.05) is 48.1 Å².